The molecule has 0 radical (unpaired) electrons. The number of anilines is 1. The standard InChI is InChI=1S/C17H22N3.ClH.HI/c1-18-10-6-5-9-17(18)20-13-11-19(12-14-20)15-16-7-3-2-4-8-16;;/h2-10H,11-15H2,1H3;2*1H/q+1;;/p-1. The number of piperazine rings is 1. The van der Waals surface area contributed by atoms with Crippen molar-refractivity contribution < 1.29 is 28.5 Å². The molecule has 0 bridgehead atoms. The van der Waals surface area contributed by atoms with E-state index in [1.807, 2.05) is 0 Å². The highest BCUT2D eigenvalue weighted by Gasteiger charge is 2.24. The molecule has 0 N–H and O–H groups in total. The van der Waals surface area contributed by atoms with E-state index in [0.717, 1.165) is 32.7 Å². The van der Waals surface area contributed by atoms with E-state index in [0.29, 0.717) is 0 Å². The fourth-order valence-corrected chi connectivity index (χ4v) is 2.82. The second-order valence-corrected chi connectivity index (χ2v) is 5.42. The predicted octanol–water partition coefficient (Wildman–Crippen LogP) is -0.741. The van der Waals surface area contributed by atoms with Crippen molar-refractivity contribution in [3.05, 3.63) is 60.3 Å². The fraction of sp³-hybridized carbons (Fsp3) is 0.353. The molecule has 120 valence electrons. The highest BCUT2D eigenvalue weighted by atomic mass is 127. The van der Waals surface area contributed by atoms with Crippen LogP contribution in [0.1, 0.15) is 5.56 Å². The molecule has 3 rings (SSSR count). The van der Waals surface area contributed by atoms with E-state index in [1.54, 1.807) is 0 Å². The normalized spacial score (nSPS) is 14.9. The molecule has 5 heteroatoms. The molecular weight excluding hydrogens is 409 g/mol. The summed E-state index contributed by atoms with van der Waals surface area (Å²) in [6.45, 7) is 5.53. The van der Waals surface area contributed by atoms with E-state index < -0.39 is 0 Å². The number of aromatic nitrogens is 1. The summed E-state index contributed by atoms with van der Waals surface area (Å²) in [6, 6.07) is 17.1. The van der Waals surface area contributed by atoms with Crippen molar-refractivity contribution >= 4 is 18.2 Å². The number of hydrogen-bond donors (Lipinski definition) is 0. The smallest absolute Gasteiger partial charge is 0.276 e. The molecule has 0 unspecified atom stereocenters. The Morgan fingerprint density at radius 1 is 0.909 bits per heavy atom. The molecule has 3 nitrogen and oxygen atoms in total. The lowest BCUT2D eigenvalue weighted by Gasteiger charge is -2.31. The van der Waals surface area contributed by atoms with Gasteiger partial charge in [0.15, 0.2) is 0 Å². The van der Waals surface area contributed by atoms with E-state index in [1.165, 1.54) is 11.4 Å². The summed E-state index contributed by atoms with van der Waals surface area (Å²) in [4.78, 5) is 5.01. The summed E-state index contributed by atoms with van der Waals surface area (Å²) in [5.41, 5.74) is 1.41. The second kappa shape index (κ2) is 9.33. The molecule has 1 aliphatic heterocycles. The van der Waals surface area contributed by atoms with Crippen molar-refractivity contribution in [3.8, 4) is 0 Å². The van der Waals surface area contributed by atoms with Crippen molar-refractivity contribution in [1.29, 1.82) is 0 Å². The van der Waals surface area contributed by atoms with Crippen LogP contribution in [0.15, 0.2) is 54.7 Å². The maximum absolute atomic E-state index is 2.54. The third kappa shape index (κ3) is 4.83. The van der Waals surface area contributed by atoms with Gasteiger partial charge in [-0.1, -0.05) is 36.4 Å². The summed E-state index contributed by atoms with van der Waals surface area (Å²) >= 11 is 0. The topological polar surface area (TPSA) is 10.4 Å². The second-order valence-electron chi connectivity index (χ2n) is 5.42. The van der Waals surface area contributed by atoms with Crippen LogP contribution in [0.5, 0.6) is 0 Å². The summed E-state index contributed by atoms with van der Waals surface area (Å²) in [7, 11) is 2.12. The van der Waals surface area contributed by atoms with Gasteiger partial charge in [0.1, 0.15) is 0 Å². The predicted molar refractivity (Wildman–Crippen MR) is 88.8 cm³/mol. The number of rotatable bonds is 3. The van der Waals surface area contributed by atoms with Crippen LogP contribution in [0.25, 0.3) is 0 Å². The summed E-state index contributed by atoms with van der Waals surface area (Å²) in [6.07, 6.45) is 2.12. The van der Waals surface area contributed by atoms with Gasteiger partial charge < -0.3 is 24.0 Å². The van der Waals surface area contributed by atoms with Gasteiger partial charge in [-0.15, -0.1) is 12.4 Å². The SMILES string of the molecule is C[n+]1ccccc1N1CCN(Cc2ccccc2)CC1.Cl.[I-]. The molecule has 1 aromatic heterocycles. The molecule has 22 heavy (non-hydrogen) atoms. The van der Waals surface area contributed by atoms with Gasteiger partial charge in [0.05, 0.1) is 26.3 Å². The molecule has 2 heterocycles. The van der Waals surface area contributed by atoms with Crippen LogP contribution >= 0.6 is 12.4 Å². The van der Waals surface area contributed by atoms with Gasteiger partial charge in [0.25, 0.3) is 5.82 Å². The molecule has 0 saturated carbocycles. The Hall–Kier alpha value is -0.850. The van der Waals surface area contributed by atoms with Crippen molar-refractivity contribution in [2.75, 3.05) is 31.1 Å². The Kier molecular flexibility index (Phi) is 8.14. The quantitative estimate of drug-likeness (QED) is 0.468. The maximum Gasteiger partial charge on any atom is 0.276 e. The Bertz CT molecular complexity index is 557. The molecular formula is C17H23ClIN3. The summed E-state index contributed by atoms with van der Waals surface area (Å²) in [5, 5.41) is 0. The minimum Gasteiger partial charge on any atom is -1.00 e. The lowest BCUT2D eigenvalue weighted by molar-refractivity contribution is -0.659. The van der Waals surface area contributed by atoms with Crippen LogP contribution in [-0.4, -0.2) is 31.1 Å². The van der Waals surface area contributed by atoms with Crippen LogP contribution < -0.4 is 33.4 Å². The number of nitrogens with zero attached hydrogens (tertiary/aromatic N) is 3. The van der Waals surface area contributed by atoms with Crippen LogP contribution in [0.4, 0.5) is 5.82 Å². The summed E-state index contributed by atoms with van der Waals surface area (Å²) in [5.74, 6) is 1.31. The highest BCUT2D eigenvalue weighted by Crippen LogP contribution is 2.13. The molecule has 2 aromatic rings. The van der Waals surface area contributed by atoms with Gasteiger partial charge in [0.2, 0.25) is 0 Å². The van der Waals surface area contributed by atoms with Crippen LogP contribution in [-0.2, 0) is 13.6 Å². The van der Waals surface area contributed by atoms with Crippen molar-refractivity contribution in [1.82, 2.24) is 4.90 Å². The van der Waals surface area contributed by atoms with Gasteiger partial charge in [0, 0.05) is 25.7 Å². The molecule has 1 saturated heterocycles. The molecule has 1 aromatic carbocycles. The molecule has 0 atom stereocenters. The minimum atomic E-state index is 0. The third-order valence-corrected chi connectivity index (χ3v) is 3.97. The zero-order valence-corrected chi connectivity index (χ0v) is 15.8. The summed E-state index contributed by atoms with van der Waals surface area (Å²) < 4.78 is 2.20. The van der Waals surface area contributed by atoms with Crippen LogP contribution in [0.3, 0.4) is 0 Å². The Balaban J connectivity index is 0.00000121. The van der Waals surface area contributed by atoms with Crippen molar-refractivity contribution in [3.63, 3.8) is 0 Å². The number of pyridine rings is 1. The molecule has 0 spiro atoms. The number of halogens is 2. The first-order valence-electron chi connectivity index (χ1n) is 7.29. The number of aryl methyl sites for hydroxylation is 1. The zero-order chi connectivity index (χ0) is 13.8. The monoisotopic (exact) mass is 431 g/mol. The zero-order valence-electron chi connectivity index (χ0n) is 12.9. The minimum absolute atomic E-state index is 0. The lowest BCUT2D eigenvalue weighted by Crippen LogP contribution is -3.00. The number of hydrogen-bond acceptors (Lipinski definition) is 2. The lowest BCUT2D eigenvalue weighted by atomic mass is 10.2. The van der Waals surface area contributed by atoms with Crippen molar-refractivity contribution in [2.45, 2.75) is 6.54 Å². The van der Waals surface area contributed by atoms with Crippen LogP contribution in [0, 0.1) is 0 Å². The third-order valence-electron chi connectivity index (χ3n) is 3.97. The molecule has 0 amide bonds. The molecule has 1 fully saturated rings. The van der Waals surface area contributed by atoms with Crippen LogP contribution in [0.2, 0.25) is 0 Å². The van der Waals surface area contributed by atoms with Gasteiger partial charge in [-0.25, -0.2) is 4.57 Å². The first-order chi connectivity index (χ1) is 9.83. The van der Waals surface area contributed by atoms with E-state index >= 15 is 0 Å². The van der Waals surface area contributed by atoms with E-state index in [9.17, 15) is 0 Å². The van der Waals surface area contributed by atoms with Gasteiger partial charge >= 0.3 is 0 Å². The highest BCUT2D eigenvalue weighted by molar-refractivity contribution is 5.85. The van der Waals surface area contributed by atoms with Gasteiger partial charge in [-0.3, -0.25) is 9.80 Å². The van der Waals surface area contributed by atoms with E-state index in [-0.39, 0.29) is 36.4 Å². The fourth-order valence-electron chi connectivity index (χ4n) is 2.82. The Morgan fingerprint density at radius 3 is 2.18 bits per heavy atom. The number of benzene rings is 1. The van der Waals surface area contributed by atoms with E-state index in [4.69, 9.17) is 0 Å². The maximum atomic E-state index is 2.54. The average Bonchev–Trinajstić information content (AvgIpc) is 2.50. The first kappa shape index (κ1) is 19.2. The van der Waals surface area contributed by atoms with Crippen molar-refractivity contribution in [2.24, 2.45) is 7.05 Å². The Labute approximate surface area is 156 Å². The van der Waals surface area contributed by atoms with E-state index in [2.05, 4.69) is 76.1 Å². The largest absolute Gasteiger partial charge is 1.00 e. The molecule has 1 aliphatic rings. The van der Waals surface area contributed by atoms with Gasteiger partial charge in [-0.05, 0) is 11.6 Å². The Morgan fingerprint density at radius 2 is 1.55 bits per heavy atom. The van der Waals surface area contributed by atoms with Gasteiger partial charge in [-0.2, -0.15) is 0 Å². The average molecular weight is 432 g/mol. The first-order valence-corrected chi connectivity index (χ1v) is 7.29. The molecule has 0 aliphatic carbocycles.